The van der Waals surface area contributed by atoms with E-state index in [1.807, 2.05) is 42.5 Å². The molecule has 0 bridgehead atoms. The molecule has 27 heavy (non-hydrogen) atoms. The van der Waals surface area contributed by atoms with Crippen molar-refractivity contribution in [2.24, 2.45) is 0 Å². The molecule has 0 aliphatic heterocycles. The fraction of sp³-hybridized carbons (Fsp3) is 0.261. The number of para-hydroxylation sites is 1. The van der Waals surface area contributed by atoms with Crippen LogP contribution < -0.4 is 5.32 Å². The van der Waals surface area contributed by atoms with E-state index in [2.05, 4.69) is 34.3 Å². The lowest BCUT2D eigenvalue weighted by Gasteiger charge is -2.34. The van der Waals surface area contributed by atoms with E-state index in [0.717, 1.165) is 35.0 Å². The minimum atomic E-state index is -0.990. The van der Waals surface area contributed by atoms with Gasteiger partial charge in [0.25, 0.3) is 0 Å². The van der Waals surface area contributed by atoms with Gasteiger partial charge in [-0.1, -0.05) is 47.7 Å². The van der Waals surface area contributed by atoms with Crippen molar-refractivity contribution >= 4 is 28.2 Å². The number of halogens is 1. The topological polar surface area (TPSA) is 45.1 Å². The zero-order valence-electron chi connectivity index (χ0n) is 15.0. The van der Waals surface area contributed by atoms with Gasteiger partial charge in [-0.15, -0.1) is 0 Å². The molecule has 2 aromatic carbocycles. The third-order valence-electron chi connectivity index (χ3n) is 4.98. The van der Waals surface area contributed by atoms with Gasteiger partial charge in [-0.3, -0.25) is 4.98 Å². The van der Waals surface area contributed by atoms with Crippen LogP contribution in [-0.4, -0.2) is 21.7 Å². The van der Waals surface area contributed by atoms with Gasteiger partial charge in [-0.25, -0.2) is 0 Å². The molecule has 2 N–H and O–H groups in total. The van der Waals surface area contributed by atoms with Crippen LogP contribution in [0.15, 0.2) is 60.8 Å². The predicted molar refractivity (Wildman–Crippen MR) is 111 cm³/mol. The fourth-order valence-electron chi connectivity index (χ4n) is 3.68. The summed E-state index contributed by atoms with van der Waals surface area (Å²) in [4.78, 5) is 4.50. The van der Waals surface area contributed by atoms with Crippen LogP contribution in [-0.2, 0) is 0 Å². The van der Waals surface area contributed by atoms with E-state index in [0.29, 0.717) is 17.9 Å². The van der Waals surface area contributed by atoms with Crippen LogP contribution in [0, 0.1) is 11.8 Å². The molecule has 2 atom stereocenters. The predicted octanol–water partition coefficient (Wildman–Crippen LogP) is 5.03. The highest BCUT2D eigenvalue weighted by Gasteiger charge is 2.33. The number of nitrogens with one attached hydrogen (secondary N) is 1. The van der Waals surface area contributed by atoms with Crippen LogP contribution >= 0.6 is 11.6 Å². The Morgan fingerprint density at radius 2 is 2.00 bits per heavy atom. The molecule has 0 amide bonds. The van der Waals surface area contributed by atoms with Crippen LogP contribution in [0.4, 0.5) is 5.69 Å². The third kappa shape index (κ3) is 4.24. The first-order chi connectivity index (χ1) is 13.1. The van der Waals surface area contributed by atoms with E-state index < -0.39 is 5.60 Å². The minimum absolute atomic E-state index is 0.157. The first kappa shape index (κ1) is 17.9. The van der Waals surface area contributed by atoms with E-state index in [1.54, 1.807) is 6.20 Å². The zero-order chi connectivity index (χ0) is 18.7. The van der Waals surface area contributed by atoms with Crippen LogP contribution in [0.5, 0.6) is 0 Å². The summed E-state index contributed by atoms with van der Waals surface area (Å²) in [5, 5.41) is 16.3. The van der Waals surface area contributed by atoms with Crippen molar-refractivity contribution in [2.75, 3.05) is 5.32 Å². The van der Waals surface area contributed by atoms with Gasteiger partial charge >= 0.3 is 0 Å². The zero-order valence-corrected chi connectivity index (χ0v) is 15.7. The van der Waals surface area contributed by atoms with Gasteiger partial charge in [0.15, 0.2) is 0 Å². The molecule has 4 rings (SSSR count). The summed E-state index contributed by atoms with van der Waals surface area (Å²) in [5.41, 5.74) is 1.80. The summed E-state index contributed by atoms with van der Waals surface area (Å²) in [6, 6.07) is 17.7. The number of anilines is 1. The van der Waals surface area contributed by atoms with Gasteiger partial charge in [0.1, 0.15) is 5.60 Å². The maximum Gasteiger partial charge on any atom is 0.127 e. The lowest BCUT2D eigenvalue weighted by atomic mass is 9.82. The Balaban J connectivity index is 1.52. The van der Waals surface area contributed by atoms with E-state index in [1.165, 1.54) is 0 Å². The number of pyridine rings is 1. The number of aliphatic hydroxyl groups is 1. The number of hydrogen-bond acceptors (Lipinski definition) is 3. The first-order valence-electron chi connectivity index (χ1n) is 9.23. The molecule has 4 heteroatoms. The molecule has 0 radical (unpaired) electrons. The van der Waals surface area contributed by atoms with Crippen LogP contribution in [0.3, 0.4) is 0 Å². The normalized spacial score (nSPS) is 22.1. The highest BCUT2D eigenvalue weighted by Crippen LogP contribution is 2.31. The highest BCUT2D eigenvalue weighted by atomic mass is 35.5. The van der Waals surface area contributed by atoms with Crippen molar-refractivity contribution in [1.82, 2.24) is 4.98 Å². The average Bonchev–Trinajstić information content (AvgIpc) is 2.67. The molecule has 1 fully saturated rings. The van der Waals surface area contributed by atoms with Crippen molar-refractivity contribution in [3.63, 3.8) is 0 Å². The van der Waals surface area contributed by atoms with Crippen molar-refractivity contribution in [1.29, 1.82) is 0 Å². The van der Waals surface area contributed by atoms with Gasteiger partial charge in [0.05, 0.1) is 11.2 Å². The molecular formula is C23H21ClN2O. The molecule has 1 heterocycles. The second-order valence-electron chi connectivity index (χ2n) is 7.11. The lowest BCUT2D eigenvalue weighted by Crippen LogP contribution is -2.39. The van der Waals surface area contributed by atoms with Gasteiger partial charge < -0.3 is 10.4 Å². The van der Waals surface area contributed by atoms with Crippen molar-refractivity contribution in [2.45, 2.75) is 37.3 Å². The number of fused-ring (bicyclic) bond motifs is 1. The Labute approximate surface area is 164 Å². The van der Waals surface area contributed by atoms with Crippen molar-refractivity contribution in [3.05, 3.63) is 71.4 Å². The standard InChI is InChI=1S/C23H21ClN2O/c24-19-8-1-5-17(15-19)11-13-23(27)12-3-9-20(16-23)26-21-10-2-6-18-7-4-14-25-22(18)21/h1-2,4-8,10,14-15,20,26-27H,3,9,12,16H2/t20-,23+/m1/s1. The molecule has 3 nitrogen and oxygen atoms in total. The molecule has 136 valence electrons. The molecule has 1 aliphatic carbocycles. The van der Waals surface area contributed by atoms with Gasteiger partial charge in [0, 0.05) is 34.6 Å². The first-order valence-corrected chi connectivity index (χ1v) is 9.61. The second-order valence-corrected chi connectivity index (χ2v) is 7.55. The summed E-state index contributed by atoms with van der Waals surface area (Å²) in [6.07, 6.45) is 5.01. The van der Waals surface area contributed by atoms with Crippen LogP contribution in [0.1, 0.15) is 31.2 Å². The Kier molecular flexibility index (Phi) is 5.03. The Hall–Kier alpha value is -2.54. The smallest absolute Gasteiger partial charge is 0.127 e. The summed E-state index contributed by atoms with van der Waals surface area (Å²) >= 11 is 6.02. The van der Waals surface area contributed by atoms with Crippen LogP contribution in [0.25, 0.3) is 10.9 Å². The largest absolute Gasteiger partial charge is 0.380 e. The van der Waals surface area contributed by atoms with E-state index >= 15 is 0 Å². The average molecular weight is 377 g/mol. The maximum atomic E-state index is 11.0. The molecular weight excluding hydrogens is 356 g/mol. The SMILES string of the molecule is O[C@]1(C#Cc2cccc(Cl)c2)CCC[C@@H](Nc2cccc3cccnc23)C1. The van der Waals surface area contributed by atoms with Crippen molar-refractivity contribution in [3.8, 4) is 11.8 Å². The molecule has 1 aromatic heterocycles. The van der Waals surface area contributed by atoms with Crippen molar-refractivity contribution < 1.29 is 5.11 Å². The van der Waals surface area contributed by atoms with Gasteiger partial charge in [-0.2, -0.15) is 0 Å². The highest BCUT2D eigenvalue weighted by molar-refractivity contribution is 6.30. The maximum absolute atomic E-state index is 11.0. The van der Waals surface area contributed by atoms with Gasteiger partial charge in [0.2, 0.25) is 0 Å². The molecule has 0 spiro atoms. The second kappa shape index (κ2) is 7.60. The molecule has 3 aromatic rings. The molecule has 1 aliphatic rings. The summed E-state index contributed by atoms with van der Waals surface area (Å²) in [6.45, 7) is 0. The molecule has 1 saturated carbocycles. The minimum Gasteiger partial charge on any atom is -0.380 e. The Morgan fingerprint density at radius 3 is 2.89 bits per heavy atom. The number of aromatic nitrogens is 1. The van der Waals surface area contributed by atoms with E-state index in [-0.39, 0.29) is 6.04 Å². The number of nitrogens with zero attached hydrogens (tertiary/aromatic N) is 1. The number of benzene rings is 2. The Morgan fingerprint density at radius 1 is 1.15 bits per heavy atom. The Bertz CT molecular complexity index is 1020. The molecule has 0 saturated heterocycles. The van der Waals surface area contributed by atoms with E-state index in [4.69, 9.17) is 11.6 Å². The summed E-state index contributed by atoms with van der Waals surface area (Å²) in [7, 11) is 0. The van der Waals surface area contributed by atoms with Gasteiger partial charge in [-0.05, 0) is 49.6 Å². The lowest BCUT2D eigenvalue weighted by molar-refractivity contribution is 0.0562. The third-order valence-corrected chi connectivity index (χ3v) is 5.22. The number of rotatable bonds is 2. The molecule has 0 unspecified atom stereocenters. The fourth-order valence-corrected chi connectivity index (χ4v) is 3.88. The quantitative estimate of drug-likeness (QED) is 0.617. The number of hydrogen-bond donors (Lipinski definition) is 2. The summed E-state index contributed by atoms with van der Waals surface area (Å²) < 4.78 is 0. The van der Waals surface area contributed by atoms with Crippen LogP contribution in [0.2, 0.25) is 5.02 Å². The monoisotopic (exact) mass is 376 g/mol. The van der Waals surface area contributed by atoms with E-state index in [9.17, 15) is 5.11 Å². The summed E-state index contributed by atoms with van der Waals surface area (Å²) in [5.74, 6) is 6.17.